The van der Waals surface area contributed by atoms with Crippen molar-refractivity contribution in [1.82, 2.24) is 0 Å². The molecule has 1 rings (SSSR count). The average Bonchev–Trinajstić information content (AvgIpc) is 2.04. The second-order valence-electron chi connectivity index (χ2n) is 3.07. The van der Waals surface area contributed by atoms with E-state index in [1.807, 2.05) is 31.2 Å². The van der Waals surface area contributed by atoms with Gasteiger partial charge in [0.05, 0.1) is 6.10 Å². The summed E-state index contributed by atoms with van der Waals surface area (Å²) in [5.41, 5.74) is 3.00. The van der Waals surface area contributed by atoms with Gasteiger partial charge in [-0.2, -0.15) is 0 Å². The number of aryl methyl sites for hydroxylation is 1. The van der Waals surface area contributed by atoms with Crippen molar-refractivity contribution >= 4 is 5.57 Å². The summed E-state index contributed by atoms with van der Waals surface area (Å²) in [7, 11) is 0. The van der Waals surface area contributed by atoms with E-state index in [-0.39, 0.29) is 0 Å². The first-order valence-electron chi connectivity index (χ1n) is 4.05. The molecule has 1 heteroatoms. The van der Waals surface area contributed by atoms with Gasteiger partial charge < -0.3 is 5.11 Å². The highest BCUT2D eigenvalue weighted by atomic mass is 16.3. The summed E-state index contributed by atoms with van der Waals surface area (Å²) in [5, 5.41) is 9.24. The molecule has 0 aliphatic carbocycles. The molecule has 0 radical (unpaired) electrons. The van der Waals surface area contributed by atoms with E-state index in [1.54, 1.807) is 6.92 Å². The Morgan fingerprint density at radius 1 is 1.33 bits per heavy atom. The van der Waals surface area contributed by atoms with E-state index in [0.717, 1.165) is 11.1 Å². The first kappa shape index (κ1) is 9.01. The van der Waals surface area contributed by atoms with Gasteiger partial charge in [0, 0.05) is 0 Å². The van der Waals surface area contributed by atoms with Crippen LogP contribution < -0.4 is 0 Å². The summed E-state index contributed by atoms with van der Waals surface area (Å²) in [6, 6.07) is 7.99. The number of benzene rings is 1. The SMILES string of the molecule is C=C(c1ccc(C)cc1)[C@@H](C)O. The van der Waals surface area contributed by atoms with Crippen LogP contribution in [0.3, 0.4) is 0 Å². The van der Waals surface area contributed by atoms with Crippen LogP contribution >= 0.6 is 0 Å². The Balaban J connectivity index is 2.90. The molecule has 0 fully saturated rings. The molecule has 1 aromatic carbocycles. The summed E-state index contributed by atoms with van der Waals surface area (Å²) in [6.07, 6.45) is -0.465. The van der Waals surface area contributed by atoms with Gasteiger partial charge in [0.25, 0.3) is 0 Å². The Labute approximate surface area is 73.4 Å². The van der Waals surface area contributed by atoms with Gasteiger partial charge >= 0.3 is 0 Å². The lowest BCUT2D eigenvalue weighted by Gasteiger charge is -2.08. The highest BCUT2D eigenvalue weighted by Crippen LogP contribution is 2.16. The fourth-order valence-corrected chi connectivity index (χ4v) is 1.01. The van der Waals surface area contributed by atoms with Crippen molar-refractivity contribution in [2.75, 3.05) is 0 Å². The molecule has 0 saturated carbocycles. The predicted molar refractivity (Wildman–Crippen MR) is 51.9 cm³/mol. The van der Waals surface area contributed by atoms with Crippen LogP contribution in [-0.2, 0) is 0 Å². The molecular weight excluding hydrogens is 148 g/mol. The topological polar surface area (TPSA) is 20.2 Å². The summed E-state index contributed by atoms with van der Waals surface area (Å²) >= 11 is 0. The zero-order chi connectivity index (χ0) is 9.14. The Morgan fingerprint density at radius 2 is 1.83 bits per heavy atom. The highest BCUT2D eigenvalue weighted by molar-refractivity contribution is 5.66. The van der Waals surface area contributed by atoms with Gasteiger partial charge in [-0.25, -0.2) is 0 Å². The summed E-state index contributed by atoms with van der Waals surface area (Å²) in [4.78, 5) is 0. The molecule has 0 unspecified atom stereocenters. The lowest BCUT2D eigenvalue weighted by Crippen LogP contribution is -2.01. The van der Waals surface area contributed by atoms with Gasteiger partial charge in [-0.15, -0.1) is 0 Å². The second-order valence-corrected chi connectivity index (χ2v) is 3.07. The van der Waals surface area contributed by atoms with Crippen LogP contribution in [0.4, 0.5) is 0 Å². The molecule has 12 heavy (non-hydrogen) atoms. The molecule has 0 saturated heterocycles. The van der Waals surface area contributed by atoms with Crippen molar-refractivity contribution in [3.63, 3.8) is 0 Å². The standard InChI is InChI=1S/C11H14O/c1-8-4-6-11(7-5-8)9(2)10(3)12/h4-7,10,12H,2H2,1,3H3/t10-/m1/s1. The van der Waals surface area contributed by atoms with Gasteiger partial charge in [-0.05, 0) is 25.0 Å². The van der Waals surface area contributed by atoms with Gasteiger partial charge in [-0.3, -0.25) is 0 Å². The van der Waals surface area contributed by atoms with E-state index in [0.29, 0.717) is 0 Å². The van der Waals surface area contributed by atoms with Crippen LogP contribution in [0.2, 0.25) is 0 Å². The van der Waals surface area contributed by atoms with Gasteiger partial charge in [0.2, 0.25) is 0 Å². The lowest BCUT2D eigenvalue weighted by atomic mass is 10.0. The maximum Gasteiger partial charge on any atom is 0.0762 e. The number of aliphatic hydroxyl groups excluding tert-OH is 1. The Hall–Kier alpha value is -1.08. The minimum absolute atomic E-state index is 0.465. The van der Waals surface area contributed by atoms with Crippen LogP contribution in [0.1, 0.15) is 18.1 Å². The molecule has 0 spiro atoms. The normalized spacial score (nSPS) is 12.6. The van der Waals surface area contributed by atoms with E-state index in [4.69, 9.17) is 0 Å². The van der Waals surface area contributed by atoms with Crippen molar-refractivity contribution in [2.24, 2.45) is 0 Å². The second kappa shape index (κ2) is 3.55. The third-order valence-corrected chi connectivity index (χ3v) is 1.93. The zero-order valence-corrected chi connectivity index (χ0v) is 7.54. The number of aliphatic hydroxyl groups is 1. The average molecular weight is 162 g/mol. The first-order chi connectivity index (χ1) is 5.61. The Morgan fingerprint density at radius 3 is 2.25 bits per heavy atom. The van der Waals surface area contributed by atoms with Crippen molar-refractivity contribution < 1.29 is 5.11 Å². The van der Waals surface area contributed by atoms with Crippen molar-refractivity contribution in [3.8, 4) is 0 Å². The quantitative estimate of drug-likeness (QED) is 0.708. The Kier molecular flexibility index (Phi) is 2.66. The van der Waals surface area contributed by atoms with E-state index < -0.39 is 6.10 Å². The fourth-order valence-electron chi connectivity index (χ4n) is 1.01. The summed E-state index contributed by atoms with van der Waals surface area (Å²) in [5.74, 6) is 0. The van der Waals surface area contributed by atoms with Crippen molar-refractivity contribution in [1.29, 1.82) is 0 Å². The molecule has 64 valence electrons. The molecule has 0 bridgehead atoms. The third-order valence-electron chi connectivity index (χ3n) is 1.93. The van der Waals surface area contributed by atoms with E-state index in [9.17, 15) is 5.11 Å². The summed E-state index contributed by atoms with van der Waals surface area (Å²) < 4.78 is 0. The molecule has 0 aromatic heterocycles. The minimum Gasteiger partial charge on any atom is -0.389 e. The number of rotatable bonds is 2. The van der Waals surface area contributed by atoms with Crippen LogP contribution in [-0.4, -0.2) is 11.2 Å². The first-order valence-corrected chi connectivity index (χ1v) is 4.05. The van der Waals surface area contributed by atoms with E-state index in [2.05, 4.69) is 6.58 Å². The lowest BCUT2D eigenvalue weighted by molar-refractivity contribution is 0.253. The third kappa shape index (κ3) is 1.95. The van der Waals surface area contributed by atoms with Crippen molar-refractivity contribution in [2.45, 2.75) is 20.0 Å². The smallest absolute Gasteiger partial charge is 0.0762 e. The number of hydrogen-bond acceptors (Lipinski definition) is 1. The summed E-state index contributed by atoms with van der Waals surface area (Å²) in [6.45, 7) is 7.57. The fraction of sp³-hybridized carbons (Fsp3) is 0.273. The molecule has 1 aromatic rings. The van der Waals surface area contributed by atoms with Crippen LogP contribution in [0.5, 0.6) is 0 Å². The van der Waals surface area contributed by atoms with Crippen molar-refractivity contribution in [3.05, 3.63) is 42.0 Å². The van der Waals surface area contributed by atoms with Crippen LogP contribution in [0.25, 0.3) is 5.57 Å². The molecule has 0 aliphatic heterocycles. The minimum atomic E-state index is -0.465. The van der Waals surface area contributed by atoms with E-state index in [1.165, 1.54) is 5.56 Å². The Bertz CT molecular complexity index is 270. The van der Waals surface area contributed by atoms with E-state index >= 15 is 0 Å². The highest BCUT2D eigenvalue weighted by Gasteiger charge is 2.03. The van der Waals surface area contributed by atoms with Crippen LogP contribution in [0.15, 0.2) is 30.8 Å². The monoisotopic (exact) mass is 162 g/mol. The predicted octanol–water partition coefficient (Wildman–Crippen LogP) is 2.39. The number of hydrogen-bond donors (Lipinski definition) is 1. The maximum absolute atomic E-state index is 9.24. The maximum atomic E-state index is 9.24. The molecule has 0 aliphatic rings. The zero-order valence-electron chi connectivity index (χ0n) is 7.54. The molecule has 1 nitrogen and oxygen atoms in total. The van der Waals surface area contributed by atoms with Gasteiger partial charge in [0.15, 0.2) is 0 Å². The van der Waals surface area contributed by atoms with Gasteiger partial charge in [0.1, 0.15) is 0 Å². The molecule has 0 amide bonds. The molecular formula is C11H14O. The molecule has 0 heterocycles. The largest absolute Gasteiger partial charge is 0.389 e. The molecule has 1 atom stereocenters. The molecule has 1 N–H and O–H groups in total. The van der Waals surface area contributed by atoms with Gasteiger partial charge in [-0.1, -0.05) is 36.4 Å². The van der Waals surface area contributed by atoms with Crippen LogP contribution in [0, 0.1) is 6.92 Å².